The molecular weight excluding hydrogens is 350 g/mol. The van der Waals surface area contributed by atoms with E-state index in [1.807, 2.05) is 6.07 Å². The van der Waals surface area contributed by atoms with E-state index in [2.05, 4.69) is 15.0 Å². The number of ether oxygens (including phenoxy) is 2. The summed E-state index contributed by atoms with van der Waals surface area (Å²) in [6.45, 7) is 1.25. The van der Waals surface area contributed by atoms with Gasteiger partial charge in [-0.3, -0.25) is 4.90 Å². The van der Waals surface area contributed by atoms with Gasteiger partial charge in [-0.1, -0.05) is 6.07 Å². The van der Waals surface area contributed by atoms with Gasteiger partial charge in [0.05, 0.1) is 7.11 Å². The van der Waals surface area contributed by atoms with Crippen molar-refractivity contribution in [2.45, 2.75) is 44.9 Å². The second-order valence-corrected chi connectivity index (χ2v) is 6.77. The average molecular weight is 377 g/mol. The lowest BCUT2D eigenvalue weighted by Crippen LogP contribution is -2.42. The molecule has 4 nitrogen and oxygen atoms in total. The molecule has 0 amide bonds. The van der Waals surface area contributed by atoms with Gasteiger partial charge in [-0.05, 0) is 68.9 Å². The topological polar surface area (TPSA) is 33.7 Å². The van der Waals surface area contributed by atoms with Crippen LogP contribution in [0.25, 0.3) is 0 Å². The molecule has 1 N–H and O–H groups in total. The third kappa shape index (κ3) is 6.28. The zero-order valence-electron chi connectivity index (χ0n) is 14.5. The van der Waals surface area contributed by atoms with Crippen LogP contribution in [0.1, 0.15) is 31.2 Å². The van der Waals surface area contributed by atoms with E-state index in [1.165, 1.54) is 26.5 Å². The molecular formula is C18H27ClF2N2O2. The highest BCUT2D eigenvalue weighted by atomic mass is 35.5. The molecule has 142 valence electrons. The summed E-state index contributed by atoms with van der Waals surface area (Å²) in [7, 11) is 1.47. The van der Waals surface area contributed by atoms with E-state index >= 15 is 0 Å². The van der Waals surface area contributed by atoms with Crippen LogP contribution in [-0.4, -0.2) is 44.3 Å². The smallest absolute Gasteiger partial charge is 0.387 e. The third-order valence-corrected chi connectivity index (χ3v) is 4.83. The molecule has 0 unspecified atom stereocenters. The summed E-state index contributed by atoms with van der Waals surface area (Å²) in [5.74, 6) is 1.36. The zero-order chi connectivity index (χ0) is 16.9. The van der Waals surface area contributed by atoms with Crippen LogP contribution in [0.5, 0.6) is 11.5 Å². The Morgan fingerprint density at radius 2 is 1.88 bits per heavy atom. The molecule has 3 rings (SSSR count). The number of halogens is 3. The summed E-state index contributed by atoms with van der Waals surface area (Å²) >= 11 is 0. The molecule has 0 spiro atoms. The Morgan fingerprint density at radius 3 is 2.48 bits per heavy atom. The molecule has 2 fully saturated rings. The molecule has 7 heteroatoms. The third-order valence-electron chi connectivity index (χ3n) is 4.83. The Kier molecular flexibility index (Phi) is 7.72. The molecule has 1 saturated carbocycles. The van der Waals surface area contributed by atoms with Gasteiger partial charge in [0.2, 0.25) is 0 Å². The highest BCUT2D eigenvalue weighted by Gasteiger charge is 2.24. The molecule has 2 aliphatic rings. The highest BCUT2D eigenvalue weighted by Crippen LogP contribution is 2.30. The summed E-state index contributed by atoms with van der Waals surface area (Å²) in [5.41, 5.74) is 1.05. The van der Waals surface area contributed by atoms with Crippen LogP contribution in [0.4, 0.5) is 8.78 Å². The molecule has 1 aliphatic carbocycles. The van der Waals surface area contributed by atoms with Gasteiger partial charge in [-0.2, -0.15) is 8.78 Å². The first-order chi connectivity index (χ1) is 11.6. The van der Waals surface area contributed by atoms with Crippen molar-refractivity contribution >= 4 is 12.4 Å². The molecule has 1 aliphatic heterocycles. The Labute approximate surface area is 154 Å². The quantitative estimate of drug-likeness (QED) is 0.750. The molecule has 25 heavy (non-hydrogen) atoms. The second kappa shape index (κ2) is 9.55. The van der Waals surface area contributed by atoms with Crippen LogP contribution in [0, 0.1) is 5.92 Å². The van der Waals surface area contributed by atoms with Gasteiger partial charge in [0.15, 0.2) is 11.5 Å². The number of benzene rings is 1. The minimum Gasteiger partial charge on any atom is -0.493 e. The van der Waals surface area contributed by atoms with Crippen molar-refractivity contribution in [2.75, 3.05) is 26.7 Å². The lowest BCUT2D eigenvalue weighted by molar-refractivity contribution is -0.0512. The molecule has 1 aromatic carbocycles. The van der Waals surface area contributed by atoms with Crippen molar-refractivity contribution in [1.29, 1.82) is 0 Å². The van der Waals surface area contributed by atoms with Crippen molar-refractivity contribution in [3.8, 4) is 11.5 Å². The van der Waals surface area contributed by atoms with Crippen molar-refractivity contribution in [1.82, 2.24) is 10.2 Å². The molecule has 1 heterocycles. The van der Waals surface area contributed by atoms with Gasteiger partial charge in [-0.25, -0.2) is 0 Å². The molecule has 0 aromatic heterocycles. The number of alkyl halides is 2. The maximum Gasteiger partial charge on any atom is 0.387 e. The van der Waals surface area contributed by atoms with Crippen molar-refractivity contribution in [3.63, 3.8) is 0 Å². The number of rotatable bonds is 8. The van der Waals surface area contributed by atoms with Crippen LogP contribution >= 0.6 is 12.4 Å². The predicted molar refractivity (Wildman–Crippen MR) is 95.9 cm³/mol. The average Bonchev–Trinajstić information content (AvgIpc) is 3.39. The molecule has 0 radical (unpaired) electrons. The van der Waals surface area contributed by atoms with Gasteiger partial charge in [0.1, 0.15) is 0 Å². The summed E-state index contributed by atoms with van der Waals surface area (Å²) in [4.78, 5) is 2.40. The fourth-order valence-electron chi connectivity index (χ4n) is 3.21. The Balaban J connectivity index is 0.00000225. The lowest BCUT2D eigenvalue weighted by Gasteiger charge is -2.32. The van der Waals surface area contributed by atoms with Gasteiger partial charge in [0.25, 0.3) is 0 Å². The summed E-state index contributed by atoms with van der Waals surface area (Å²) in [5, 5.41) is 3.68. The maximum absolute atomic E-state index is 12.4. The summed E-state index contributed by atoms with van der Waals surface area (Å²) in [6.07, 6.45) is 5.10. The Bertz CT molecular complexity index is 536. The highest BCUT2D eigenvalue weighted by molar-refractivity contribution is 5.85. The molecule has 1 saturated heterocycles. The number of methoxy groups -OCH3 is 1. The van der Waals surface area contributed by atoms with Gasteiger partial charge < -0.3 is 14.8 Å². The predicted octanol–water partition coefficient (Wildman–Crippen LogP) is 3.68. The summed E-state index contributed by atoms with van der Waals surface area (Å²) in [6, 6.07) is 5.81. The standard InChI is InChI=1S/C18H26F2N2O2.ClH/c1-23-17-10-14(4-5-16(17)24-18(19)20)12-22-8-6-15(7-9-22)21-11-13-2-3-13;/h4-5,10,13,15,18,21H,2-3,6-9,11-12H2,1H3;1H. The Hall–Kier alpha value is -1.11. The van der Waals surface area contributed by atoms with E-state index in [-0.39, 0.29) is 18.2 Å². The van der Waals surface area contributed by atoms with Gasteiger partial charge in [0, 0.05) is 12.6 Å². The number of hydrogen-bond donors (Lipinski definition) is 1. The first-order valence-electron chi connectivity index (χ1n) is 8.71. The number of nitrogens with one attached hydrogen (secondary N) is 1. The van der Waals surface area contributed by atoms with Crippen molar-refractivity contribution in [2.24, 2.45) is 5.92 Å². The zero-order valence-corrected chi connectivity index (χ0v) is 15.4. The van der Waals surface area contributed by atoms with Crippen LogP contribution in [0.2, 0.25) is 0 Å². The van der Waals surface area contributed by atoms with E-state index in [9.17, 15) is 8.78 Å². The SMILES string of the molecule is COc1cc(CN2CCC(NCC3CC3)CC2)ccc1OC(F)F.Cl. The van der Waals surface area contributed by atoms with Crippen molar-refractivity contribution in [3.05, 3.63) is 23.8 Å². The Morgan fingerprint density at radius 1 is 1.16 bits per heavy atom. The van der Waals surface area contributed by atoms with E-state index in [0.717, 1.165) is 44.0 Å². The monoisotopic (exact) mass is 376 g/mol. The largest absolute Gasteiger partial charge is 0.493 e. The lowest BCUT2D eigenvalue weighted by atomic mass is 10.0. The first-order valence-corrected chi connectivity index (χ1v) is 8.71. The first kappa shape index (κ1) is 20.2. The van der Waals surface area contributed by atoms with E-state index < -0.39 is 6.61 Å². The molecule has 0 bridgehead atoms. The van der Waals surface area contributed by atoms with Gasteiger partial charge >= 0.3 is 6.61 Å². The van der Waals surface area contributed by atoms with Crippen molar-refractivity contribution < 1.29 is 18.3 Å². The molecule has 0 atom stereocenters. The van der Waals surface area contributed by atoms with E-state index in [4.69, 9.17) is 4.74 Å². The van der Waals surface area contributed by atoms with E-state index in [1.54, 1.807) is 12.1 Å². The number of piperidine rings is 1. The minimum atomic E-state index is -2.84. The van der Waals surface area contributed by atoms with E-state index in [0.29, 0.717) is 11.8 Å². The van der Waals surface area contributed by atoms with Crippen LogP contribution < -0.4 is 14.8 Å². The second-order valence-electron chi connectivity index (χ2n) is 6.77. The number of hydrogen-bond acceptors (Lipinski definition) is 4. The molecule has 1 aromatic rings. The minimum absolute atomic E-state index is 0. The van der Waals surface area contributed by atoms with Crippen LogP contribution in [0.3, 0.4) is 0 Å². The van der Waals surface area contributed by atoms with Crippen LogP contribution in [0.15, 0.2) is 18.2 Å². The summed E-state index contributed by atoms with van der Waals surface area (Å²) < 4.78 is 34.4. The fraction of sp³-hybridized carbons (Fsp3) is 0.667. The van der Waals surface area contributed by atoms with Gasteiger partial charge in [-0.15, -0.1) is 12.4 Å². The number of likely N-dealkylation sites (tertiary alicyclic amines) is 1. The maximum atomic E-state index is 12.4. The fourth-order valence-corrected chi connectivity index (χ4v) is 3.21. The normalized spacial score (nSPS) is 18.9. The number of nitrogens with zero attached hydrogens (tertiary/aromatic N) is 1. The van der Waals surface area contributed by atoms with Crippen LogP contribution in [-0.2, 0) is 6.54 Å².